The number of amides is 3. The number of aromatic amines is 1. The van der Waals surface area contributed by atoms with E-state index in [1.54, 1.807) is 11.0 Å². The van der Waals surface area contributed by atoms with Gasteiger partial charge in [-0.1, -0.05) is 5.16 Å². The van der Waals surface area contributed by atoms with E-state index in [1.807, 2.05) is 33.9 Å². The van der Waals surface area contributed by atoms with Crippen LogP contribution in [0.5, 0.6) is 0 Å². The average Bonchev–Trinajstić information content (AvgIpc) is 3.34. The lowest BCUT2D eigenvalue weighted by Gasteiger charge is -2.26. The van der Waals surface area contributed by atoms with E-state index in [9.17, 15) is 9.59 Å². The molecule has 2 heterocycles. The summed E-state index contributed by atoms with van der Waals surface area (Å²) in [6.07, 6.45) is 2.90. The summed E-state index contributed by atoms with van der Waals surface area (Å²) in [5.74, 6) is 1.09. The first kappa shape index (κ1) is 19.9. The number of urea groups is 1. The summed E-state index contributed by atoms with van der Waals surface area (Å²) < 4.78 is 5.06. The fourth-order valence-electron chi connectivity index (χ4n) is 3.56. The predicted octanol–water partition coefficient (Wildman–Crippen LogP) is 2.57. The Morgan fingerprint density at radius 3 is 2.82 bits per heavy atom. The maximum atomic E-state index is 12.2. The Morgan fingerprint density at radius 2 is 2.14 bits per heavy atom. The number of aryl methyl sites for hydroxylation is 1. The molecule has 2 atom stereocenters. The Bertz CT molecular complexity index is 827. The van der Waals surface area contributed by atoms with Gasteiger partial charge < -0.3 is 20.1 Å². The third-order valence-corrected chi connectivity index (χ3v) is 5.00. The van der Waals surface area contributed by atoms with Gasteiger partial charge in [0.05, 0.1) is 12.1 Å². The molecule has 0 unspecified atom stereocenters. The lowest BCUT2D eigenvalue weighted by molar-refractivity contribution is -0.115. The fourth-order valence-corrected chi connectivity index (χ4v) is 3.56. The summed E-state index contributed by atoms with van der Waals surface area (Å²) in [6.45, 7) is 5.71. The van der Waals surface area contributed by atoms with Crippen LogP contribution in [-0.4, -0.2) is 51.3 Å². The maximum Gasteiger partial charge on any atom is 0.317 e. The first-order chi connectivity index (χ1) is 13.3. The smallest absolute Gasteiger partial charge is 0.317 e. The van der Waals surface area contributed by atoms with Crippen molar-refractivity contribution < 1.29 is 14.1 Å². The topological polar surface area (TPSA) is 116 Å². The van der Waals surface area contributed by atoms with Crippen molar-refractivity contribution >= 4 is 17.8 Å². The summed E-state index contributed by atoms with van der Waals surface area (Å²) in [5.41, 5.74) is 1.72. The van der Waals surface area contributed by atoms with Gasteiger partial charge in [-0.2, -0.15) is 5.10 Å². The summed E-state index contributed by atoms with van der Waals surface area (Å²) in [6, 6.07) is 3.87. The molecule has 0 aromatic carbocycles. The second-order valence-electron chi connectivity index (χ2n) is 7.75. The number of hydrogen-bond donors (Lipinski definition) is 3. The Morgan fingerprint density at radius 1 is 1.36 bits per heavy atom. The Labute approximate surface area is 164 Å². The predicted molar refractivity (Wildman–Crippen MR) is 104 cm³/mol. The van der Waals surface area contributed by atoms with Crippen LogP contribution in [0.2, 0.25) is 0 Å². The SMILES string of the molecule is Cc1cc(CC(=O)Nc2cc([C@H]3CC[C@@H](N(C)C(=O)NC(C)C)C3)[nH]n2)on1. The van der Waals surface area contributed by atoms with Crippen molar-refractivity contribution in [3.63, 3.8) is 0 Å². The maximum absolute atomic E-state index is 12.2. The highest BCUT2D eigenvalue weighted by molar-refractivity contribution is 5.91. The van der Waals surface area contributed by atoms with E-state index in [4.69, 9.17) is 4.52 Å². The number of hydrogen-bond acceptors (Lipinski definition) is 5. The molecule has 1 aliphatic carbocycles. The van der Waals surface area contributed by atoms with Gasteiger partial charge in [0.2, 0.25) is 5.91 Å². The molecule has 1 fully saturated rings. The molecule has 0 spiro atoms. The summed E-state index contributed by atoms with van der Waals surface area (Å²) in [7, 11) is 1.84. The quantitative estimate of drug-likeness (QED) is 0.703. The normalized spacial score (nSPS) is 19.0. The van der Waals surface area contributed by atoms with E-state index in [0.29, 0.717) is 11.6 Å². The van der Waals surface area contributed by atoms with Crippen LogP contribution in [0.1, 0.15) is 56.2 Å². The van der Waals surface area contributed by atoms with Crippen LogP contribution < -0.4 is 10.6 Å². The van der Waals surface area contributed by atoms with E-state index < -0.39 is 0 Å². The van der Waals surface area contributed by atoms with Gasteiger partial charge >= 0.3 is 6.03 Å². The number of anilines is 1. The molecule has 152 valence electrons. The Hall–Kier alpha value is -2.84. The average molecular weight is 388 g/mol. The third-order valence-electron chi connectivity index (χ3n) is 5.00. The van der Waals surface area contributed by atoms with Crippen LogP contribution in [0, 0.1) is 6.92 Å². The molecule has 0 aliphatic heterocycles. The standard InChI is InChI=1S/C19H28N6O3/c1-11(2)20-19(27)25(4)14-6-5-13(8-14)16-10-17(23-22-16)21-18(26)9-15-7-12(3)24-28-15/h7,10-11,13-14H,5-6,8-9H2,1-4H3,(H,20,27)(H2,21,22,23,26)/t13-,14+/m0/s1. The van der Waals surface area contributed by atoms with Crippen LogP contribution in [0.25, 0.3) is 0 Å². The highest BCUT2D eigenvalue weighted by atomic mass is 16.5. The zero-order valence-electron chi connectivity index (χ0n) is 16.8. The van der Waals surface area contributed by atoms with E-state index in [2.05, 4.69) is 26.0 Å². The van der Waals surface area contributed by atoms with Gasteiger partial charge in [-0.15, -0.1) is 0 Å². The Balaban J connectivity index is 1.52. The number of carbonyl (C=O) groups excluding carboxylic acids is 2. The first-order valence-electron chi connectivity index (χ1n) is 9.62. The lowest BCUT2D eigenvalue weighted by Crippen LogP contribution is -2.45. The molecule has 0 bridgehead atoms. The molecule has 1 aliphatic rings. The van der Waals surface area contributed by atoms with Crippen molar-refractivity contribution in [3.05, 3.63) is 29.3 Å². The van der Waals surface area contributed by atoms with E-state index in [-0.39, 0.29) is 36.4 Å². The van der Waals surface area contributed by atoms with Gasteiger partial charge in [0.25, 0.3) is 0 Å². The minimum atomic E-state index is -0.205. The van der Waals surface area contributed by atoms with Crippen LogP contribution in [-0.2, 0) is 11.2 Å². The molecule has 3 amide bonds. The monoisotopic (exact) mass is 388 g/mol. The van der Waals surface area contributed by atoms with Gasteiger partial charge in [0.15, 0.2) is 5.82 Å². The molecule has 9 nitrogen and oxygen atoms in total. The van der Waals surface area contributed by atoms with Gasteiger partial charge in [0.1, 0.15) is 5.76 Å². The van der Waals surface area contributed by atoms with Crippen molar-refractivity contribution in [3.8, 4) is 0 Å². The van der Waals surface area contributed by atoms with Gasteiger partial charge in [0, 0.05) is 42.9 Å². The minimum absolute atomic E-state index is 0.0409. The number of carbonyl (C=O) groups is 2. The van der Waals surface area contributed by atoms with E-state index >= 15 is 0 Å². The molecular formula is C19H28N6O3. The largest absolute Gasteiger partial charge is 0.361 e. The van der Waals surface area contributed by atoms with Crippen LogP contribution >= 0.6 is 0 Å². The zero-order valence-corrected chi connectivity index (χ0v) is 16.8. The number of aromatic nitrogens is 3. The molecule has 2 aromatic heterocycles. The van der Waals surface area contributed by atoms with Crippen molar-refractivity contribution in [2.24, 2.45) is 0 Å². The van der Waals surface area contributed by atoms with Crippen molar-refractivity contribution in [2.45, 2.75) is 64.5 Å². The molecule has 1 saturated carbocycles. The summed E-state index contributed by atoms with van der Waals surface area (Å²) in [4.78, 5) is 26.1. The number of nitrogens with zero attached hydrogens (tertiary/aromatic N) is 3. The second-order valence-corrected chi connectivity index (χ2v) is 7.75. The third kappa shape index (κ3) is 4.90. The lowest BCUT2D eigenvalue weighted by atomic mass is 10.0. The zero-order chi connectivity index (χ0) is 20.3. The number of H-pyrrole nitrogens is 1. The highest BCUT2D eigenvalue weighted by Crippen LogP contribution is 2.36. The minimum Gasteiger partial charge on any atom is -0.361 e. The number of nitrogens with one attached hydrogen (secondary N) is 3. The van der Waals surface area contributed by atoms with Crippen molar-refractivity contribution in [2.75, 3.05) is 12.4 Å². The molecule has 3 N–H and O–H groups in total. The first-order valence-corrected chi connectivity index (χ1v) is 9.62. The highest BCUT2D eigenvalue weighted by Gasteiger charge is 2.32. The molecule has 3 rings (SSSR count). The van der Waals surface area contributed by atoms with E-state index in [0.717, 1.165) is 30.7 Å². The van der Waals surface area contributed by atoms with Gasteiger partial charge in [-0.05, 0) is 40.0 Å². The van der Waals surface area contributed by atoms with Crippen LogP contribution in [0.15, 0.2) is 16.7 Å². The molecule has 0 radical (unpaired) electrons. The molecule has 0 saturated heterocycles. The molecule has 2 aromatic rings. The Kier molecular flexibility index (Phi) is 6.01. The van der Waals surface area contributed by atoms with Crippen LogP contribution in [0.4, 0.5) is 10.6 Å². The second kappa shape index (κ2) is 8.45. The van der Waals surface area contributed by atoms with Crippen molar-refractivity contribution in [1.82, 2.24) is 25.6 Å². The van der Waals surface area contributed by atoms with Gasteiger partial charge in [-0.3, -0.25) is 9.89 Å². The molecular weight excluding hydrogens is 360 g/mol. The summed E-state index contributed by atoms with van der Waals surface area (Å²) in [5, 5.41) is 16.7. The van der Waals surface area contributed by atoms with E-state index in [1.165, 1.54) is 0 Å². The fraction of sp³-hybridized carbons (Fsp3) is 0.579. The number of rotatable bonds is 6. The molecule has 28 heavy (non-hydrogen) atoms. The van der Waals surface area contributed by atoms with Crippen molar-refractivity contribution in [1.29, 1.82) is 0 Å². The van der Waals surface area contributed by atoms with Gasteiger partial charge in [-0.25, -0.2) is 4.79 Å². The van der Waals surface area contributed by atoms with Crippen LogP contribution in [0.3, 0.4) is 0 Å². The molecule has 9 heteroatoms. The summed E-state index contributed by atoms with van der Waals surface area (Å²) >= 11 is 0.